The van der Waals surface area contributed by atoms with Gasteiger partial charge in [-0.1, -0.05) is 24.3 Å². The molecule has 150 valence electrons. The molecule has 1 heterocycles. The van der Waals surface area contributed by atoms with Crippen molar-refractivity contribution >= 4 is 11.9 Å². The van der Waals surface area contributed by atoms with Crippen LogP contribution in [0, 0.1) is 6.92 Å². The number of carbonyl (C=O) groups is 2. The summed E-state index contributed by atoms with van der Waals surface area (Å²) in [5.74, 6) is -0.185. The molecule has 0 saturated heterocycles. The highest BCUT2D eigenvalue weighted by atomic mass is 16.5. The molecule has 8 heteroatoms. The summed E-state index contributed by atoms with van der Waals surface area (Å²) >= 11 is 0. The first-order valence-electron chi connectivity index (χ1n) is 9.15. The van der Waals surface area contributed by atoms with Gasteiger partial charge >= 0.3 is 5.97 Å². The van der Waals surface area contributed by atoms with Crippen molar-refractivity contribution in [3.05, 3.63) is 77.9 Å². The summed E-state index contributed by atoms with van der Waals surface area (Å²) in [5.41, 5.74) is 2.45. The Morgan fingerprint density at radius 2 is 1.97 bits per heavy atom. The Morgan fingerprint density at radius 3 is 2.69 bits per heavy atom. The monoisotopic (exact) mass is 394 g/mol. The third kappa shape index (κ3) is 6.46. The van der Waals surface area contributed by atoms with Crippen molar-refractivity contribution in [1.82, 2.24) is 20.1 Å². The lowest BCUT2D eigenvalue weighted by Crippen LogP contribution is -2.32. The lowest BCUT2D eigenvalue weighted by molar-refractivity contribution is -0.124. The summed E-state index contributed by atoms with van der Waals surface area (Å²) in [6.07, 6.45) is 3.08. The van der Waals surface area contributed by atoms with Gasteiger partial charge in [-0.2, -0.15) is 5.10 Å². The number of nitrogens with zero attached hydrogens (tertiary/aromatic N) is 3. The average Bonchev–Trinajstić information content (AvgIpc) is 3.23. The quantitative estimate of drug-likeness (QED) is 0.441. The van der Waals surface area contributed by atoms with Gasteiger partial charge in [-0.05, 0) is 42.3 Å². The number of ether oxygens (including phenoxy) is 2. The lowest BCUT2D eigenvalue weighted by atomic mass is 10.1. The number of hydrogen-bond donors (Lipinski definition) is 1. The second-order valence-electron chi connectivity index (χ2n) is 6.38. The molecular formula is C21H22N4O4. The third-order valence-electron chi connectivity index (χ3n) is 4.02. The van der Waals surface area contributed by atoms with Gasteiger partial charge in [0.15, 0.2) is 6.61 Å². The maximum absolute atomic E-state index is 12.1. The summed E-state index contributed by atoms with van der Waals surface area (Å²) in [7, 11) is 0. The fourth-order valence-corrected chi connectivity index (χ4v) is 2.58. The van der Waals surface area contributed by atoms with Crippen LogP contribution in [0.4, 0.5) is 0 Å². The van der Waals surface area contributed by atoms with Gasteiger partial charge < -0.3 is 14.8 Å². The van der Waals surface area contributed by atoms with E-state index in [1.165, 1.54) is 6.33 Å². The number of aryl methyl sites for hydroxylation is 1. The normalized spacial score (nSPS) is 10.4. The largest absolute Gasteiger partial charge is 0.492 e. The zero-order valence-corrected chi connectivity index (χ0v) is 16.1. The number of nitrogens with one attached hydrogen (secondary N) is 1. The molecule has 0 fully saturated rings. The number of amides is 1. The standard InChI is InChI=1S/C21H22N4O4/c1-16-3-2-4-19(11-16)28-10-9-23-20(26)13-29-21(27)18-7-5-17(6-8-18)12-25-15-22-14-24-25/h2-8,11,14-15H,9-10,12-13H2,1H3,(H,23,26). The van der Waals surface area contributed by atoms with E-state index in [9.17, 15) is 9.59 Å². The minimum absolute atomic E-state index is 0.321. The fourth-order valence-electron chi connectivity index (χ4n) is 2.58. The highest BCUT2D eigenvalue weighted by Crippen LogP contribution is 2.11. The Bertz CT molecular complexity index is 940. The van der Waals surface area contributed by atoms with E-state index < -0.39 is 5.97 Å². The van der Waals surface area contributed by atoms with Crippen LogP contribution in [0.15, 0.2) is 61.2 Å². The van der Waals surface area contributed by atoms with Gasteiger partial charge in [0.05, 0.1) is 18.7 Å². The number of rotatable bonds is 9. The van der Waals surface area contributed by atoms with Crippen LogP contribution in [0.1, 0.15) is 21.5 Å². The van der Waals surface area contributed by atoms with Crippen molar-refractivity contribution < 1.29 is 19.1 Å². The molecule has 0 bridgehead atoms. The topological polar surface area (TPSA) is 95.3 Å². The van der Waals surface area contributed by atoms with Crippen LogP contribution >= 0.6 is 0 Å². The van der Waals surface area contributed by atoms with E-state index in [4.69, 9.17) is 9.47 Å². The van der Waals surface area contributed by atoms with E-state index in [-0.39, 0.29) is 12.5 Å². The molecule has 0 unspecified atom stereocenters. The van der Waals surface area contributed by atoms with E-state index in [1.807, 2.05) is 31.2 Å². The summed E-state index contributed by atoms with van der Waals surface area (Å²) in [5, 5.41) is 6.68. The number of aromatic nitrogens is 3. The van der Waals surface area contributed by atoms with E-state index >= 15 is 0 Å². The van der Waals surface area contributed by atoms with Crippen LogP contribution in [-0.4, -0.2) is 46.4 Å². The highest BCUT2D eigenvalue weighted by molar-refractivity contribution is 5.91. The van der Waals surface area contributed by atoms with Crippen molar-refractivity contribution in [3.63, 3.8) is 0 Å². The lowest BCUT2D eigenvalue weighted by Gasteiger charge is -2.09. The molecule has 3 aromatic rings. The first kappa shape index (κ1) is 20.1. The molecule has 0 saturated carbocycles. The van der Waals surface area contributed by atoms with Crippen molar-refractivity contribution in [2.24, 2.45) is 0 Å². The van der Waals surface area contributed by atoms with Crippen LogP contribution in [0.2, 0.25) is 0 Å². The number of benzene rings is 2. The van der Waals surface area contributed by atoms with Gasteiger partial charge in [-0.15, -0.1) is 0 Å². The molecule has 3 rings (SSSR count). The van der Waals surface area contributed by atoms with Crippen LogP contribution < -0.4 is 10.1 Å². The van der Waals surface area contributed by atoms with Crippen molar-refractivity contribution in [1.29, 1.82) is 0 Å². The second kappa shape index (κ2) is 10.0. The molecule has 0 spiro atoms. The summed E-state index contributed by atoms with van der Waals surface area (Å²) in [4.78, 5) is 27.8. The minimum atomic E-state index is -0.552. The molecule has 1 N–H and O–H groups in total. The predicted octanol–water partition coefficient (Wildman–Crippen LogP) is 1.99. The Hall–Kier alpha value is -3.68. The van der Waals surface area contributed by atoms with Gasteiger partial charge in [-0.25, -0.2) is 14.5 Å². The second-order valence-corrected chi connectivity index (χ2v) is 6.38. The molecule has 29 heavy (non-hydrogen) atoms. The predicted molar refractivity (Wildman–Crippen MR) is 106 cm³/mol. The Labute approximate surface area is 168 Å². The summed E-state index contributed by atoms with van der Waals surface area (Å²) < 4.78 is 12.3. The van der Waals surface area contributed by atoms with Crippen LogP contribution in [-0.2, 0) is 16.1 Å². The minimum Gasteiger partial charge on any atom is -0.492 e. The molecule has 0 atom stereocenters. The molecule has 8 nitrogen and oxygen atoms in total. The zero-order valence-electron chi connectivity index (χ0n) is 16.1. The Morgan fingerprint density at radius 1 is 1.14 bits per heavy atom. The van der Waals surface area contributed by atoms with Crippen LogP contribution in [0.25, 0.3) is 0 Å². The molecule has 2 aromatic carbocycles. The number of carbonyl (C=O) groups excluding carboxylic acids is 2. The SMILES string of the molecule is Cc1cccc(OCCNC(=O)COC(=O)c2ccc(Cn3cncn3)cc2)c1. The average molecular weight is 394 g/mol. The molecule has 0 radical (unpaired) electrons. The van der Waals surface area contributed by atoms with Gasteiger partial charge in [0.2, 0.25) is 0 Å². The van der Waals surface area contributed by atoms with Crippen molar-refractivity contribution in [2.45, 2.75) is 13.5 Å². The summed E-state index contributed by atoms with van der Waals surface area (Å²) in [6, 6.07) is 14.6. The van der Waals surface area contributed by atoms with E-state index in [0.29, 0.717) is 25.3 Å². The Balaban J connectivity index is 1.35. The molecule has 0 aliphatic heterocycles. The van der Waals surface area contributed by atoms with E-state index in [2.05, 4.69) is 15.4 Å². The maximum Gasteiger partial charge on any atom is 0.338 e. The molecule has 1 aromatic heterocycles. The third-order valence-corrected chi connectivity index (χ3v) is 4.02. The fraction of sp³-hybridized carbons (Fsp3) is 0.238. The molecular weight excluding hydrogens is 372 g/mol. The molecule has 1 amide bonds. The maximum atomic E-state index is 12.1. The van der Waals surface area contributed by atoms with Crippen LogP contribution in [0.3, 0.4) is 0 Å². The molecule has 0 aliphatic rings. The van der Waals surface area contributed by atoms with E-state index in [1.54, 1.807) is 35.3 Å². The smallest absolute Gasteiger partial charge is 0.338 e. The van der Waals surface area contributed by atoms with Crippen molar-refractivity contribution in [2.75, 3.05) is 19.8 Å². The summed E-state index contributed by atoms with van der Waals surface area (Å²) in [6.45, 7) is 2.84. The van der Waals surface area contributed by atoms with Gasteiger partial charge in [0.25, 0.3) is 5.91 Å². The van der Waals surface area contributed by atoms with Crippen molar-refractivity contribution in [3.8, 4) is 5.75 Å². The van der Waals surface area contributed by atoms with E-state index in [0.717, 1.165) is 16.9 Å². The van der Waals surface area contributed by atoms with Gasteiger partial charge in [0.1, 0.15) is 25.0 Å². The molecule has 0 aliphatic carbocycles. The first-order chi connectivity index (χ1) is 14.1. The number of esters is 1. The first-order valence-corrected chi connectivity index (χ1v) is 9.15. The Kier molecular flexibility index (Phi) is 6.94. The van der Waals surface area contributed by atoms with Gasteiger partial charge in [0, 0.05) is 0 Å². The number of hydrogen-bond acceptors (Lipinski definition) is 6. The van der Waals surface area contributed by atoms with Crippen LogP contribution in [0.5, 0.6) is 5.75 Å². The zero-order chi connectivity index (χ0) is 20.5. The van der Waals surface area contributed by atoms with Gasteiger partial charge in [-0.3, -0.25) is 4.79 Å². The highest BCUT2D eigenvalue weighted by Gasteiger charge is 2.10.